The Morgan fingerprint density at radius 3 is 2.45 bits per heavy atom. The van der Waals surface area contributed by atoms with Gasteiger partial charge in [0.25, 0.3) is 5.69 Å². The summed E-state index contributed by atoms with van der Waals surface area (Å²) in [4.78, 5) is 29.4. The number of anilines is 1. The quantitative estimate of drug-likeness (QED) is 0.302. The Morgan fingerprint density at radius 1 is 1.30 bits per heavy atom. The third-order valence-electron chi connectivity index (χ3n) is 2.59. The van der Waals surface area contributed by atoms with Gasteiger partial charge in [-0.05, 0) is 18.4 Å². The highest BCUT2D eigenvalue weighted by molar-refractivity contribution is 7.98. The number of nitrogens with two attached hydrogens (primary N) is 1. The smallest absolute Gasteiger partial charge is 0.269 e. The van der Waals surface area contributed by atoms with E-state index in [-0.39, 0.29) is 11.6 Å². The van der Waals surface area contributed by atoms with E-state index in [1.54, 1.807) is 6.26 Å². The second-order valence-corrected chi connectivity index (χ2v) is 4.57. The lowest BCUT2D eigenvalue weighted by atomic mass is 10.1. The van der Waals surface area contributed by atoms with Gasteiger partial charge in [0.05, 0.1) is 16.2 Å². The van der Waals surface area contributed by atoms with Gasteiger partial charge in [-0.1, -0.05) is 0 Å². The molecule has 0 radical (unpaired) electrons. The number of aromatic nitrogens is 2. The van der Waals surface area contributed by atoms with E-state index in [4.69, 9.17) is 5.73 Å². The molecule has 1 aromatic carbocycles. The first kappa shape index (κ1) is 13.9. The molecule has 2 aromatic rings. The largest absolute Gasteiger partial charge is 0.368 e. The Labute approximate surface area is 118 Å². The molecule has 0 aliphatic carbocycles. The Hall–Kier alpha value is -2.48. The Bertz CT molecular complexity index is 673. The zero-order valence-electron chi connectivity index (χ0n) is 10.4. The summed E-state index contributed by atoms with van der Waals surface area (Å²) in [7, 11) is 0. The molecule has 7 nitrogen and oxygen atoms in total. The number of carbonyl (C=O) groups is 1. The topological polar surface area (TPSA) is 112 Å². The molecule has 2 N–H and O–H groups in total. The maximum absolute atomic E-state index is 11.2. The number of benzene rings is 1. The molecule has 20 heavy (non-hydrogen) atoms. The number of hydrogen-bond donors (Lipinski definition) is 1. The van der Waals surface area contributed by atoms with Gasteiger partial charge < -0.3 is 5.73 Å². The molecule has 102 valence electrons. The van der Waals surface area contributed by atoms with Crippen LogP contribution in [-0.2, 0) is 0 Å². The van der Waals surface area contributed by atoms with E-state index in [1.807, 2.05) is 0 Å². The van der Waals surface area contributed by atoms with Gasteiger partial charge >= 0.3 is 0 Å². The minimum absolute atomic E-state index is 0.0338. The van der Waals surface area contributed by atoms with E-state index < -0.39 is 4.92 Å². The summed E-state index contributed by atoms with van der Waals surface area (Å²) >= 11 is 1.28. The number of aldehydes is 1. The van der Waals surface area contributed by atoms with Crippen LogP contribution in [0, 0.1) is 10.1 Å². The molecule has 1 heterocycles. The van der Waals surface area contributed by atoms with Crippen molar-refractivity contribution in [1.29, 1.82) is 0 Å². The van der Waals surface area contributed by atoms with E-state index in [0.717, 1.165) is 0 Å². The zero-order valence-corrected chi connectivity index (χ0v) is 11.3. The van der Waals surface area contributed by atoms with Crippen molar-refractivity contribution in [2.24, 2.45) is 0 Å². The Kier molecular flexibility index (Phi) is 3.94. The van der Waals surface area contributed by atoms with Gasteiger partial charge in [0.15, 0.2) is 6.29 Å². The molecular formula is C12H10N4O3S. The highest BCUT2D eigenvalue weighted by Gasteiger charge is 2.15. The first-order valence-electron chi connectivity index (χ1n) is 5.48. The number of thioether (sulfide) groups is 1. The summed E-state index contributed by atoms with van der Waals surface area (Å²) < 4.78 is 0. The van der Waals surface area contributed by atoms with E-state index in [9.17, 15) is 14.9 Å². The number of non-ortho nitro benzene ring substituents is 1. The number of rotatable bonds is 4. The van der Waals surface area contributed by atoms with Crippen molar-refractivity contribution in [3.05, 3.63) is 39.9 Å². The van der Waals surface area contributed by atoms with Crippen LogP contribution < -0.4 is 5.73 Å². The van der Waals surface area contributed by atoms with E-state index in [0.29, 0.717) is 28.1 Å². The normalized spacial score (nSPS) is 10.2. The Balaban J connectivity index is 2.59. The van der Waals surface area contributed by atoms with Gasteiger partial charge in [-0.3, -0.25) is 14.9 Å². The summed E-state index contributed by atoms with van der Waals surface area (Å²) in [6.07, 6.45) is 2.43. The average molecular weight is 290 g/mol. The summed E-state index contributed by atoms with van der Waals surface area (Å²) in [6, 6.07) is 5.75. The van der Waals surface area contributed by atoms with Crippen LogP contribution in [0.3, 0.4) is 0 Å². The highest BCUT2D eigenvalue weighted by atomic mass is 32.2. The predicted octanol–water partition coefficient (Wildman–Crippen LogP) is 2.17. The number of nitrogen functional groups attached to an aromatic ring is 1. The van der Waals surface area contributed by atoms with Gasteiger partial charge in [-0.15, -0.1) is 11.8 Å². The van der Waals surface area contributed by atoms with Crippen molar-refractivity contribution in [2.75, 3.05) is 12.0 Å². The molecule has 0 aliphatic rings. The third-order valence-corrected chi connectivity index (χ3v) is 3.29. The van der Waals surface area contributed by atoms with Crippen LogP contribution >= 0.6 is 11.8 Å². The lowest BCUT2D eigenvalue weighted by Crippen LogP contribution is -2.03. The van der Waals surface area contributed by atoms with Crippen molar-refractivity contribution in [1.82, 2.24) is 9.97 Å². The fourth-order valence-corrected chi connectivity index (χ4v) is 2.24. The summed E-state index contributed by atoms with van der Waals surface area (Å²) in [5, 5.41) is 11.1. The van der Waals surface area contributed by atoms with Gasteiger partial charge in [-0.25, -0.2) is 9.97 Å². The van der Waals surface area contributed by atoms with Crippen LogP contribution in [0.4, 0.5) is 11.6 Å². The molecule has 0 unspecified atom stereocenters. The zero-order chi connectivity index (χ0) is 14.7. The molecule has 0 saturated carbocycles. The summed E-state index contributed by atoms with van der Waals surface area (Å²) in [5.74, 6) is 0.0494. The lowest BCUT2D eigenvalue weighted by Gasteiger charge is -2.08. The van der Waals surface area contributed by atoms with Crippen LogP contribution in [0.15, 0.2) is 29.3 Å². The maximum Gasteiger partial charge on any atom is 0.269 e. The van der Waals surface area contributed by atoms with Crippen molar-refractivity contribution in [3.63, 3.8) is 0 Å². The molecule has 0 amide bonds. The van der Waals surface area contributed by atoms with Crippen LogP contribution in [0.5, 0.6) is 0 Å². The molecule has 8 heteroatoms. The average Bonchev–Trinajstić information content (AvgIpc) is 2.46. The number of nitro groups is 1. The van der Waals surface area contributed by atoms with Crippen LogP contribution in [0.25, 0.3) is 11.3 Å². The molecule has 0 aliphatic heterocycles. The standard InChI is InChI=1S/C12H10N4O3S/c1-20-11-9(6-17)10(14-12(13)15-11)7-2-4-8(5-3-7)16(18)19/h2-6H,1H3,(H2,13,14,15). The summed E-state index contributed by atoms with van der Waals surface area (Å²) in [6.45, 7) is 0. The third kappa shape index (κ3) is 2.59. The first-order chi connectivity index (χ1) is 9.56. The van der Waals surface area contributed by atoms with Crippen LogP contribution in [0.2, 0.25) is 0 Å². The molecule has 0 fully saturated rings. The number of nitro benzene ring substituents is 1. The van der Waals surface area contributed by atoms with Gasteiger partial charge in [0.2, 0.25) is 5.95 Å². The molecular weight excluding hydrogens is 280 g/mol. The molecule has 0 saturated heterocycles. The van der Waals surface area contributed by atoms with Gasteiger partial charge in [-0.2, -0.15) is 0 Å². The van der Waals surface area contributed by atoms with Crippen molar-refractivity contribution in [2.45, 2.75) is 5.03 Å². The minimum atomic E-state index is -0.494. The van der Waals surface area contributed by atoms with Gasteiger partial charge in [0, 0.05) is 17.7 Å². The minimum Gasteiger partial charge on any atom is -0.368 e. The Morgan fingerprint density at radius 2 is 1.95 bits per heavy atom. The van der Waals surface area contributed by atoms with Gasteiger partial charge in [0.1, 0.15) is 5.03 Å². The second kappa shape index (κ2) is 5.66. The molecule has 1 aromatic heterocycles. The maximum atomic E-state index is 11.2. The highest BCUT2D eigenvalue weighted by Crippen LogP contribution is 2.28. The molecule has 0 spiro atoms. The SMILES string of the molecule is CSc1nc(N)nc(-c2ccc([N+](=O)[O-])cc2)c1C=O. The molecule has 0 atom stereocenters. The predicted molar refractivity (Wildman–Crippen MR) is 75.7 cm³/mol. The summed E-state index contributed by atoms with van der Waals surface area (Å²) in [5.41, 5.74) is 6.84. The first-order valence-corrected chi connectivity index (χ1v) is 6.70. The second-order valence-electron chi connectivity index (χ2n) is 3.78. The van der Waals surface area contributed by atoms with Crippen LogP contribution in [-0.4, -0.2) is 27.4 Å². The molecule has 0 bridgehead atoms. The van der Waals surface area contributed by atoms with Crippen LogP contribution in [0.1, 0.15) is 10.4 Å². The number of hydrogen-bond acceptors (Lipinski definition) is 7. The van der Waals surface area contributed by atoms with Crippen molar-refractivity contribution >= 4 is 29.7 Å². The van der Waals surface area contributed by atoms with E-state index in [2.05, 4.69) is 9.97 Å². The monoisotopic (exact) mass is 290 g/mol. The van der Waals surface area contributed by atoms with Crippen molar-refractivity contribution in [3.8, 4) is 11.3 Å². The number of carbonyl (C=O) groups excluding carboxylic acids is 1. The molecule has 2 rings (SSSR count). The fraction of sp³-hybridized carbons (Fsp3) is 0.0833. The fourth-order valence-electron chi connectivity index (χ4n) is 1.69. The number of nitrogens with zero attached hydrogens (tertiary/aromatic N) is 3. The van der Waals surface area contributed by atoms with Crippen molar-refractivity contribution < 1.29 is 9.72 Å². The van der Waals surface area contributed by atoms with E-state index >= 15 is 0 Å². The van der Waals surface area contributed by atoms with E-state index in [1.165, 1.54) is 36.0 Å². The lowest BCUT2D eigenvalue weighted by molar-refractivity contribution is -0.384.